The lowest BCUT2D eigenvalue weighted by molar-refractivity contribution is -0.119. The summed E-state index contributed by atoms with van der Waals surface area (Å²) in [6.45, 7) is 4.87. The fourth-order valence-electron chi connectivity index (χ4n) is 1.59. The van der Waals surface area contributed by atoms with E-state index in [0.717, 1.165) is 25.9 Å². The van der Waals surface area contributed by atoms with Crippen molar-refractivity contribution in [1.29, 1.82) is 0 Å². The second kappa shape index (κ2) is 7.18. The molecule has 0 spiro atoms. The molecule has 1 saturated heterocycles. The Labute approximate surface area is 109 Å². The molecule has 0 bridgehead atoms. The van der Waals surface area contributed by atoms with Gasteiger partial charge in [-0.05, 0) is 33.2 Å². The van der Waals surface area contributed by atoms with E-state index in [1.54, 1.807) is 13.8 Å². The Hall–Kier alpha value is -0.330. The quantitative estimate of drug-likeness (QED) is 0.768. The summed E-state index contributed by atoms with van der Waals surface area (Å²) in [7, 11) is -3.28. The highest BCUT2D eigenvalue weighted by Gasteiger charge is 2.22. The Kier molecular flexibility index (Phi) is 7.04. The summed E-state index contributed by atoms with van der Waals surface area (Å²) in [6.07, 6.45) is 1.93. The van der Waals surface area contributed by atoms with Crippen molar-refractivity contribution in [3.05, 3.63) is 0 Å². The summed E-state index contributed by atoms with van der Waals surface area (Å²) in [5, 5.41) is 5.41. The van der Waals surface area contributed by atoms with Crippen molar-refractivity contribution in [1.82, 2.24) is 10.6 Å². The van der Waals surface area contributed by atoms with Gasteiger partial charge in [0, 0.05) is 12.6 Å². The van der Waals surface area contributed by atoms with Crippen LogP contribution < -0.4 is 10.6 Å². The standard InChI is InChI=1S/C10H20N2O3S.ClH/c1-8(2)16(14,15)7-10(13)12-9-4-3-5-11-6-9;/h8-9,11H,3-7H2,1-2H3,(H,12,13);1H/t9-;/m0./s1. The van der Waals surface area contributed by atoms with Gasteiger partial charge in [-0.1, -0.05) is 0 Å². The number of nitrogens with one attached hydrogen (secondary N) is 2. The molecule has 0 radical (unpaired) electrons. The Morgan fingerprint density at radius 2 is 2.12 bits per heavy atom. The predicted octanol–water partition coefficient (Wildman–Crippen LogP) is 0.0996. The minimum atomic E-state index is -3.28. The third-order valence-electron chi connectivity index (χ3n) is 2.71. The molecule has 1 rings (SSSR count). The molecule has 0 unspecified atom stereocenters. The lowest BCUT2D eigenvalue weighted by Gasteiger charge is -2.23. The number of piperidine rings is 1. The van der Waals surface area contributed by atoms with Crippen molar-refractivity contribution >= 4 is 28.2 Å². The van der Waals surface area contributed by atoms with Crippen LogP contribution in [-0.2, 0) is 14.6 Å². The molecule has 2 N–H and O–H groups in total. The maximum Gasteiger partial charge on any atom is 0.235 e. The van der Waals surface area contributed by atoms with Crippen LogP contribution in [0.3, 0.4) is 0 Å². The molecule has 17 heavy (non-hydrogen) atoms. The van der Waals surface area contributed by atoms with Gasteiger partial charge in [0.25, 0.3) is 0 Å². The monoisotopic (exact) mass is 284 g/mol. The van der Waals surface area contributed by atoms with Gasteiger partial charge in [0.15, 0.2) is 9.84 Å². The molecule has 0 aromatic heterocycles. The molecule has 7 heteroatoms. The number of hydrogen-bond donors (Lipinski definition) is 2. The maximum atomic E-state index is 11.5. The van der Waals surface area contributed by atoms with Crippen LogP contribution >= 0.6 is 12.4 Å². The molecule has 102 valence electrons. The minimum absolute atomic E-state index is 0. The zero-order chi connectivity index (χ0) is 12.2. The predicted molar refractivity (Wildman–Crippen MR) is 70.2 cm³/mol. The fourth-order valence-corrected chi connectivity index (χ4v) is 2.38. The number of sulfone groups is 1. The van der Waals surface area contributed by atoms with E-state index in [4.69, 9.17) is 0 Å². The van der Waals surface area contributed by atoms with Crippen LogP contribution in [0.4, 0.5) is 0 Å². The third-order valence-corrected chi connectivity index (χ3v) is 4.81. The highest BCUT2D eigenvalue weighted by atomic mass is 35.5. The van der Waals surface area contributed by atoms with Gasteiger partial charge < -0.3 is 10.6 Å². The first kappa shape index (κ1) is 16.7. The second-order valence-corrected chi connectivity index (χ2v) is 7.02. The van der Waals surface area contributed by atoms with Crippen LogP contribution in [-0.4, -0.2) is 44.5 Å². The molecule has 0 aromatic rings. The smallest absolute Gasteiger partial charge is 0.235 e. The van der Waals surface area contributed by atoms with Crippen molar-refractivity contribution < 1.29 is 13.2 Å². The van der Waals surface area contributed by atoms with Crippen molar-refractivity contribution in [2.24, 2.45) is 0 Å². The van der Waals surface area contributed by atoms with Crippen LogP contribution in [0.2, 0.25) is 0 Å². The topological polar surface area (TPSA) is 75.3 Å². The summed E-state index contributed by atoms with van der Waals surface area (Å²) in [6, 6.07) is 0.0728. The Morgan fingerprint density at radius 3 is 2.59 bits per heavy atom. The highest BCUT2D eigenvalue weighted by molar-refractivity contribution is 7.92. The van der Waals surface area contributed by atoms with Gasteiger partial charge in [-0.15, -0.1) is 12.4 Å². The van der Waals surface area contributed by atoms with Gasteiger partial charge in [-0.25, -0.2) is 8.42 Å². The number of carbonyl (C=O) groups excluding carboxylic acids is 1. The van der Waals surface area contributed by atoms with Crippen molar-refractivity contribution in [3.63, 3.8) is 0 Å². The largest absolute Gasteiger partial charge is 0.351 e. The number of amides is 1. The third kappa shape index (κ3) is 5.70. The summed E-state index contributed by atoms with van der Waals surface area (Å²) in [4.78, 5) is 11.5. The summed E-state index contributed by atoms with van der Waals surface area (Å²) in [5.74, 6) is -0.788. The van der Waals surface area contributed by atoms with E-state index < -0.39 is 20.8 Å². The maximum absolute atomic E-state index is 11.5. The average molecular weight is 285 g/mol. The van der Waals surface area contributed by atoms with Crippen molar-refractivity contribution in [3.8, 4) is 0 Å². The first-order valence-corrected chi connectivity index (χ1v) is 7.35. The van der Waals surface area contributed by atoms with E-state index in [1.807, 2.05) is 0 Å². The molecule has 1 amide bonds. The SMILES string of the molecule is CC(C)S(=O)(=O)CC(=O)N[C@H]1CCCNC1.Cl. The minimum Gasteiger partial charge on any atom is -0.351 e. The Balaban J connectivity index is 0.00000256. The molecule has 5 nitrogen and oxygen atoms in total. The van der Waals surface area contributed by atoms with Gasteiger partial charge in [0.05, 0.1) is 5.25 Å². The molecule has 1 aliphatic rings. The number of hydrogen-bond acceptors (Lipinski definition) is 4. The number of halogens is 1. The first-order valence-electron chi connectivity index (χ1n) is 5.63. The summed E-state index contributed by atoms with van der Waals surface area (Å²) >= 11 is 0. The molecule has 1 aliphatic heterocycles. The van der Waals surface area contributed by atoms with Gasteiger partial charge >= 0.3 is 0 Å². The van der Waals surface area contributed by atoms with Crippen LogP contribution in [0.1, 0.15) is 26.7 Å². The molecule has 0 aliphatic carbocycles. The lowest BCUT2D eigenvalue weighted by Crippen LogP contribution is -2.47. The van der Waals surface area contributed by atoms with Gasteiger partial charge in [0.2, 0.25) is 5.91 Å². The van der Waals surface area contributed by atoms with E-state index in [2.05, 4.69) is 10.6 Å². The molecular formula is C10H21ClN2O3S. The zero-order valence-corrected chi connectivity index (χ0v) is 11.9. The molecule has 1 heterocycles. The summed E-state index contributed by atoms with van der Waals surface area (Å²) < 4.78 is 23.0. The van der Waals surface area contributed by atoms with Gasteiger partial charge in [-0.2, -0.15) is 0 Å². The number of rotatable bonds is 4. The van der Waals surface area contributed by atoms with Crippen LogP contribution in [0.5, 0.6) is 0 Å². The van der Waals surface area contributed by atoms with Crippen LogP contribution in [0, 0.1) is 0 Å². The zero-order valence-electron chi connectivity index (χ0n) is 10.2. The van der Waals surface area contributed by atoms with E-state index in [1.165, 1.54) is 0 Å². The van der Waals surface area contributed by atoms with Crippen LogP contribution in [0.15, 0.2) is 0 Å². The molecule has 1 fully saturated rings. The van der Waals surface area contributed by atoms with Gasteiger partial charge in [-0.3, -0.25) is 4.79 Å². The molecular weight excluding hydrogens is 264 g/mol. The van der Waals surface area contributed by atoms with E-state index in [9.17, 15) is 13.2 Å². The number of carbonyl (C=O) groups is 1. The average Bonchev–Trinajstić information content (AvgIpc) is 2.17. The lowest BCUT2D eigenvalue weighted by atomic mass is 10.1. The van der Waals surface area contributed by atoms with E-state index in [0.29, 0.717) is 0 Å². The molecule has 0 aromatic carbocycles. The second-order valence-electron chi connectivity index (χ2n) is 4.47. The Bertz CT molecular complexity index is 337. The van der Waals surface area contributed by atoms with Gasteiger partial charge in [0.1, 0.15) is 5.75 Å². The fraction of sp³-hybridized carbons (Fsp3) is 0.900. The van der Waals surface area contributed by atoms with Crippen LogP contribution in [0.25, 0.3) is 0 Å². The van der Waals surface area contributed by atoms with E-state index in [-0.39, 0.29) is 24.4 Å². The Morgan fingerprint density at radius 1 is 1.47 bits per heavy atom. The van der Waals surface area contributed by atoms with Crippen molar-refractivity contribution in [2.75, 3.05) is 18.8 Å². The highest BCUT2D eigenvalue weighted by Crippen LogP contribution is 2.03. The van der Waals surface area contributed by atoms with Crippen molar-refractivity contribution in [2.45, 2.75) is 38.0 Å². The molecule has 0 saturated carbocycles. The summed E-state index contributed by atoms with van der Waals surface area (Å²) in [5.41, 5.74) is 0. The first-order chi connectivity index (χ1) is 7.42. The molecule has 1 atom stereocenters. The van der Waals surface area contributed by atoms with E-state index >= 15 is 0 Å². The normalized spacial score (nSPS) is 20.8.